The Morgan fingerprint density at radius 2 is 2.29 bits per heavy atom. The molecule has 4 heteroatoms. The third-order valence-electron chi connectivity index (χ3n) is 3.02. The van der Waals surface area contributed by atoms with Gasteiger partial charge < -0.3 is 10.1 Å². The lowest BCUT2D eigenvalue weighted by atomic mass is 10.1. The molecule has 1 atom stereocenters. The van der Waals surface area contributed by atoms with Crippen molar-refractivity contribution in [3.05, 3.63) is 0 Å². The van der Waals surface area contributed by atoms with Crippen LogP contribution in [0.3, 0.4) is 0 Å². The zero-order valence-electron chi connectivity index (χ0n) is 11.4. The Labute approximate surface area is 105 Å². The van der Waals surface area contributed by atoms with Crippen molar-refractivity contribution in [1.29, 1.82) is 0 Å². The van der Waals surface area contributed by atoms with Crippen molar-refractivity contribution in [3.63, 3.8) is 0 Å². The molecule has 0 aromatic rings. The maximum Gasteiger partial charge on any atom is 0.234 e. The predicted molar refractivity (Wildman–Crippen MR) is 68.9 cm³/mol. The molecule has 1 aliphatic rings. The van der Waals surface area contributed by atoms with Gasteiger partial charge in [-0.25, -0.2) is 0 Å². The third kappa shape index (κ3) is 6.03. The van der Waals surface area contributed by atoms with Gasteiger partial charge in [-0.1, -0.05) is 13.8 Å². The molecule has 0 unspecified atom stereocenters. The second kappa shape index (κ2) is 7.67. The number of nitrogens with one attached hydrogen (secondary N) is 1. The second-order valence-corrected chi connectivity index (χ2v) is 5.15. The minimum Gasteiger partial charge on any atom is -0.377 e. The van der Waals surface area contributed by atoms with E-state index in [1.54, 1.807) is 0 Å². The van der Waals surface area contributed by atoms with Crippen LogP contribution in [0.4, 0.5) is 0 Å². The van der Waals surface area contributed by atoms with Crippen LogP contribution in [0.5, 0.6) is 0 Å². The lowest BCUT2D eigenvalue weighted by molar-refractivity contribution is -0.122. The summed E-state index contributed by atoms with van der Waals surface area (Å²) in [4.78, 5) is 13.6. The zero-order valence-corrected chi connectivity index (χ0v) is 11.4. The van der Waals surface area contributed by atoms with Gasteiger partial charge in [0.1, 0.15) is 0 Å². The Morgan fingerprint density at radius 3 is 2.94 bits per heavy atom. The van der Waals surface area contributed by atoms with Gasteiger partial charge in [0.25, 0.3) is 0 Å². The summed E-state index contributed by atoms with van der Waals surface area (Å²) in [6.07, 6.45) is 2.49. The Hall–Kier alpha value is -0.610. The van der Waals surface area contributed by atoms with Crippen LogP contribution in [0.2, 0.25) is 0 Å². The van der Waals surface area contributed by atoms with Crippen LogP contribution in [0, 0.1) is 5.92 Å². The summed E-state index contributed by atoms with van der Waals surface area (Å²) < 4.78 is 5.81. The number of carbonyl (C=O) groups is 1. The molecule has 1 amide bonds. The summed E-state index contributed by atoms with van der Waals surface area (Å²) in [7, 11) is 0. The van der Waals surface area contributed by atoms with Crippen LogP contribution < -0.4 is 5.32 Å². The lowest BCUT2D eigenvalue weighted by Crippen LogP contribution is -2.36. The molecule has 0 radical (unpaired) electrons. The molecule has 1 N–H and O–H groups in total. The fourth-order valence-corrected chi connectivity index (χ4v) is 2.00. The molecule has 4 nitrogen and oxygen atoms in total. The fraction of sp³-hybridized carbons (Fsp3) is 0.923. The molecule has 0 spiro atoms. The molecule has 0 bridgehead atoms. The first-order chi connectivity index (χ1) is 8.11. The first-order valence-electron chi connectivity index (χ1n) is 6.72. The molecule has 1 heterocycles. The van der Waals surface area contributed by atoms with Crippen molar-refractivity contribution < 1.29 is 9.53 Å². The molecular formula is C13H26N2O2. The van der Waals surface area contributed by atoms with Crippen LogP contribution in [-0.4, -0.2) is 49.7 Å². The number of hydrogen-bond donors (Lipinski definition) is 1. The average molecular weight is 242 g/mol. The van der Waals surface area contributed by atoms with Gasteiger partial charge in [-0.3, -0.25) is 9.69 Å². The van der Waals surface area contributed by atoms with Gasteiger partial charge in [-0.15, -0.1) is 0 Å². The summed E-state index contributed by atoms with van der Waals surface area (Å²) in [5.41, 5.74) is 0. The predicted octanol–water partition coefficient (Wildman–Crippen LogP) is 1.26. The highest BCUT2D eigenvalue weighted by Gasteiger charge is 2.24. The van der Waals surface area contributed by atoms with E-state index in [-0.39, 0.29) is 5.91 Å². The standard InChI is InChI=1S/C13H26N2O2/c1-4-14-13(16)10-15-7-5-12(9-15)17-8-6-11(2)3/h11-12H,4-10H2,1-3H3,(H,14,16)/t12-/m0/s1. The smallest absolute Gasteiger partial charge is 0.234 e. The second-order valence-electron chi connectivity index (χ2n) is 5.15. The lowest BCUT2D eigenvalue weighted by Gasteiger charge is -2.16. The Bertz CT molecular complexity index is 231. The fourth-order valence-electron chi connectivity index (χ4n) is 2.00. The number of hydrogen-bond acceptors (Lipinski definition) is 3. The van der Waals surface area contributed by atoms with Crippen molar-refractivity contribution in [2.75, 3.05) is 32.8 Å². The number of ether oxygens (including phenoxy) is 1. The highest BCUT2D eigenvalue weighted by Crippen LogP contribution is 2.13. The van der Waals surface area contributed by atoms with Gasteiger partial charge in [-0.2, -0.15) is 0 Å². The molecule has 17 heavy (non-hydrogen) atoms. The highest BCUT2D eigenvalue weighted by molar-refractivity contribution is 5.77. The molecule has 0 aliphatic carbocycles. The van der Waals surface area contributed by atoms with Crippen molar-refractivity contribution in [3.8, 4) is 0 Å². The van der Waals surface area contributed by atoms with Crippen molar-refractivity contribution in [2.24, 2.45) is 5.92 Å². The molecule has 100 valence electrons. The molecule has 0 aromatic carbocycles. The molecular weight excluding hydrogens is 216 g/mol. The Balaban J connectivity index is 2.12. The maximum absolute atomic E-state index is 11.4. The number of likely N-dealkylation sites (tertiary alicyclic amines) is 1. The van der Waals surface area contributed by atoms with Gasteiger partial charge in [0, 0.05) is 26.2 Å². The highest BCUT2D eigenvalue weighted by atomic mass is 16.5. The van der Waals surface area contributed by atoms with Crippen LogP contribution in [-0.2, 0) is 9.53 Å². The van der Waals surface area contributed by atoms with Crippen LogP contribution in [0.25, 0.3) is 0 Å². The Morgan fingerprint density at radius 1 is 1.53 bits per heavy atom. The van der Waals surface area contributed by atoms with Gasteiger partial charge in [0.2, 0.25) is 5.91 Å². The normalized spacial score (nSPS) is 21.1. The van der Waals surface area contributed by atoms with Crippen molar-refractivity contribution >= 4 is 5.91 Å². The van der Waals surface area contributed by atoms with E-state index in [2.05, 4.69) is 24.1 Å². The van der Waals surface area contributed by atoms with Gasteiger partial charge in [0.15, 0.2) is 0 Å². The van der Waals surface area contributed by atoms with Crippen LogP contribution in [0.1, 0.15) is 33.6 Å². The van der Waals surface area contributed by atoms with E-state index in [9.17, 15) is 4.79 Å². The topological polar surface area (TPSA) is 41.6 Å². The first kappa shape index (κ1) is 14.5. The van der Waals surface area contributed by atoms with Gasteiger partial charge >= 0.3 is 0 Å². The van der Waals surface area contributed by atoms with Crippen molar-refractivity contribution in [2.45, 2.75) is 39.7 Å². The SMILES string of the molecule is CCNC(=O)CN1CC[C@H](OCCC(C)C)C1. The summed E-state index contributed by atoms with van der Waals surface area (Å²) in [6.45, 7) is 10.3. The number of rotatable bonds is 7. The van der Waals surface area contributed by atoms with E-state index in [1.165, 1.54) is 0 Å². The summed E-state index contributed by atoms with van der Waals surface area (Å²) >= 11 is 0. The van der Waals surface area contributed by atoms with E-state index >= 15 is 0 Å². The molecule has 1 rings (SSSR count). The van der Waals surface area contributed by atoms with E-state index in [0.717, 1.165) is 32.5 Å². The molecule has 0 aromatic heterocycles. The number of amides is 1. The third-order valence-corrected chi connectivity index (χ3v) is 3.02. The van der Waals surface area contributed by atoms with E-state index in [0.29, 0.717) is 25.1 Å². The summed E-state index contributed by atoms with van der Waals surface area (Å²) in [5.74, 6) is 0.818. The van der Waals surface area contributed by atoms with E-state index in [1.807, 2.05) is 6.92 Å². The largest absolute Gasteiger partial charge is 0.377 e. The maximum atomic E-state index is 11.4. The quantitative estimate of drug-likeness (QED) is 0.731. The first-order valence-corrected chi connectivity index (χ1v) is 6.72. The van der Waals surface area contributed by atoms with Crippen molar-refractivity contribution in [1.82, 2.24) is 10.2 Å². The van der Waals surface area contributed by atoms with E-state index in [4.69, 9.17) is 4.74 Å². The molecule has 1 saturated heterocycles. The average Bonchev–Trinajstić information content (AvgIpc) is 2.65. The summed E-state index contributed by atoms with van der Waals surface area (Å²) in [5, 5.41) is 2.82. The van der Waals surface area contributed by atoms with E-state index < -0.39 is 0 Å². The zero-order chi connectivity index (χ0) is 12.7. The number of carbonyl (C=O) groups excluding carboxylic acids is 1. The summed E-state index contributed by atoms with van der Waals surface area (Å²) in [6, 6.07) is 0. The Kier molecular flexibility index (Phi) is 6.52. The minimum atomic E-state index is 0.121. The molecule has 0 saturated carbocycles. The minimum absolute atomic E-state index is 0.121. The monoisotopic (exact) mass is 242 g/mol. The van der Waals surface area contributed by atoms with Gasteiger partial charge in [0.05, 0.1) is 12.6 Å². The molecule has 1 aliphatic heterocycles. The molecule has 1 fully saturated rings. The van der Waals surface area contributed by atoms with Crippen LogP contribution in [0.15, 0.2) is 0 Å². The van der Waals surface area contributed by atoms with Crippen LogP contribution >= 0.6 is 0 Å². The number of nitrogens with zero attached hydrogens (tertiary/aromatic N) is 1. The van der Waals surface area contributed by atoms with Gasteiger partial charge in [-0.05, 0) is 25.7 Å². The number of likely N-dealkylation sites (N-methyl/N-ethyl adjacent to an activating group) is 1.